The van der Waals surface area contributed by atoms with Crippen molar-refractivity contribution in [1.29, 1.82) is 5.26 Å². The van der Waals surface area contributed by atoms with Crippen molar-refractivity contribution in [2.45, 2.75) is 27.3 Å². The number of esters is 1. The first-order valence-electron chi connectivity index (χ1n) is 9.68. The van der Waals surface area contributed by atoms with E-state index < -0.39 is 24.3 Å². The number of carbonyl (C=O) groups is 2. The van der Waals surface area contributed by atoms with Crippen LogP contribution in [0.1, 0.15) is 38.3 Å². The van der Waals surface area contributed by atoms with E-state index in [1.807, 2.05) is 48.7 Å². The van der Waals surface area contributed by atoms with Crippen LogP contribution in [0.5, 0.6) is 0 Å². The van der Waals surface area contributed by atoms with Crippen LogP contribution in [0.15, 0.2) is 48.5 Å². The van der Waals surface area contributed by atoms with Crippen LogP contribution < -0.4 is 5.32 Å². The Bertz CT molecular complexity index is 1180. The Morgan fingerprint density at radius 3 is 2.48 bits per heavy atom. The third kappa shape index (κ3) is 4.81. The van der Waals surface area contributed by atoms with Gasteiger partial charge in [0.2, 0.25) is 0 Å². The smallest absolute Gasteiger partial charge is 0.338 e. The molecule has 1 amide bonds. The molecular weight excluding hydrogens is 397 g/mol. The number of halogens is 1. The first-order valence-corrected chi connectivity index (χ1v) is 9.68. The van der Waals surface area contributed by atoms with Gasteiger partial charge in [-0.2, -0.15) is 5.26 Å². The lowest BCUT2D eigenvalue weighted by Gasteiger charge is -2.13. The molecule has 1 aromatic heterocycles. The molecule has 0 bridgehead atoms. The number of hydrogen-bond donors (Lipinski definition) is 1. The predicted octanol–water partition coefficient (Wildman–Crippen LogP) is 4.27. The molecular formula is C24H22FN3O3. The number of amides is 1. The maximum atomic E-state index is 13.7. The fourth-order valence-corrected chi connectivity index (χ4v) is 3.20. The van der Waals surface area contributed by atoms with E-state index >= 15 is 0 Å². The average molecular weight is 419 g/mol. The molecule has 3 aromatic rings. The normalized spacial score (nSPS) is 10.4. The first kappa shape index (κ1) is 21.8. The Kier molecular flexibility index (Phi) is 6.51. The van der Waals surface area contributed by atoms with Crippen LogP contribution in [-0.4, -0.2) is 23.1 Å². The van der Waals surface area contributed by atoms with E-state index in [2.05, 4.69) is 11.4 Å². The number of benzene rings is 2. The van der Waals surface area contributed by atoms with Crippen LogP contribution in [0.4, 0.5) is 10.2 Å². The van der Waals surface area contributed by atoms with Crippen LogP contribution in [0.2, 0.25) is 0 Å². The summed E-state index contributed by atoms with van der Waals surface area (Å²) in [6.45, 7) is 5.18. The molecule has 158 valence electrons. The fourth-order valence-electron chi connectivity index (χ4n) is 3.20. The summed E-state index contributed by atoms with van der Waals surface area (Å²) in [6, 6.07) is 15.8. The molecule has 31 heavy (non-hydrogen) atoms. The minimum absolute atomic E-state index is 0.0211. The summed E-state index contributed by atoms with van der Waals surface area (Å²) in [4.78, 5) is 24.6. The highest BCUT2D eigenvalue weighted by molar-refractivity contribution is 5.96. The molecule has 3 rings (SSSR count). The van der Waals surface area contributed by atoms with Crippen LogP contribution in [0, 0.1) is 37.9 Å². The van der Waals surface area contributed by atoms with Gasteiger partial charge in [0.05, 0.1) is 11.1 Å². The maximum absolute atomic E-state index is 13.7. The number of hydrogen-bond acceptors (Lipinski definition) is 4. The molecule has 7 heteroatoms. The van der Waals surface area contributed by atoms with Crippen molar-refractivity contribution in [1.82, 2.24) is 4.57 Å². The maximum Gasteiger partial charge on any atom is 0.338 e. The zero-order valence-corrected chi connectivity index (χ0v) is 17.5. The Morgan fingerprint density at radius 1 is 1.13 bits per heavy atom. The molecule has 2 aromatic carbocycles. The Morgan fingerprint density at radius 2 is 1.84 bits per heavy atom. The first-order chi connectivity index (χ1) is 14.8. The van der Waals surface area contributed by atoms with Gasteiger partial charge in [0, 0.05) is 12.2 Å². The van der Waals surface area contributed by atoms with E-state index in [9.17, 15) is 19.2 Å². The predicted molar refractivity (Wildman–Crippen MR) is 114 cm³/mol. The molecule has 0 fully saturated rings. The molecule has 0 saturated carbocycles. The van der Waals surface area contributed by atoms with Crippen LogP contribution in [-0.2, 0) is 16.1 Å². The lowest BCUT2D eigenvalue weighted by molar-refractivity contribution is -0.119. The molecule has 1 N–H and O–H groups in total. The van der Waals surface area contributed by atoms with Crippen molar-refractivity contribution in [3.8, 4) is 6.07 Å². The highest BCUT2D eigenvalue weighted by Gasteiger charge is 2.20. The third-order valence-electron chi connectivity index (χ3n) is 5.12. The number of ether oxygens (including phenoxy) is 1. The van der Waals surface area contributed by atoms with Crippen molar-refractivity contribution < 1.29 is 18.7 Å². The third-order valence-corrected chi connectivity index (χ3v) is 5.12. The fraction of sp³-hybridized carbons (Fsp3) is 0.208. The lowest BCUT2D eigenvalue weighted by atomic mass is 10.1. The Labute approximate surface area is 179 Å². The van der Waals surface area contributed by atoms with Gasteiger partial charge in [-0.1, -0.05) is 36.4 Å². The van der Waals surface area contributed by atoms with Gasteiger partial charge >= 0.3 is 5.97 Å². The van der Waals surface area contributed by atoms with E-state index in [4.69, 9.17) is 4.74 Å². The summed E-state index contributed by atoms with van der Waals surface area (Å²) >= 11 is 0. The van der Waals surface area contributed by atoms with Crippen molar-refractivity contribution in [3.63, 3.8) is 0 Å². The van der Waals surface area contributed by atoms with E-state index in [0.717, 1.165) is 22.9 Å². The van der Waals surface area contributed by atoms with Gasteiger partial charge in [-0.15, -0.1) is 0 Å². The summed E-state index contributed by atoms with van der Waals surface area (Å²) in [5.74, 6) is -1.57. The number of aromatic nitrogens is 1. The summed E-state index contributed by atoms with van der Waals surface area (Å²) < 4.78 is 20.5. The number of anilines is 1. The van der Waals surface area contributed by atoms with Gasteiger partial charge in [0.25, 0.3) is 5.91 Å². The largest absolute Gasteiger partial charge is 0.452 e. The molecule has 0 aliphatic carbocycles. The van der Waals surface area contributed by atoms with Crippen LogP contribution in [0.25, 0.3) is 0 Å². The van der Waals surface area contributed by atoms with Gasteiger partial charge in [0.15, 0.2) is 6.61 Å². The Balaban J connectivity index is 1.76. The van der Waals surface area contributed by atoms with E-state index in [1.165, 1.54) is 12.1 Å². The zero-order valence-electron chi connectivity index (χ0n) is 17.5. The van der Waals surface area contributed by atoms with Crippen molar-refractivity contribution >= 4 is 17.7 Å². The van der Waals surface area contributed by atoms with E-state index in [1.54, 1.807) is 6.92 Å². The van der Waals surface area contributed by atoms with Gasteiger partial charge < -0.3 is 14.6 Å². The second-order valence-electron chi connectivity index (χ2n) is 7.21. The van der Waals surface area contributed by atoms with Gasteiger partial charge in [-0.25, -0.2) is 9.18 Å². The van der Waals surface area contributed by atoms with Gasteiger partial charge in [-0.05, 0) is 49.6 Å². The summed E-state index contributed by atoms with van der Waals surface area (Å²) in [6.07, 6.45) is 0. The standard InChI is InChI=1S/C24H22FN3O3/c1-15-9-10-19(11-21(15)25)24(30)31-14-22(29)27-23-20(12-26)16(2)17(3)28(23)13-18-7-5-4-6-8-18/h4-11H,13-14H2,1-3H3,(H,27,29). The van der Waals surface area contributed by atoms with E-state index in [-0.39, 0.29) is 5.56 Å². The monoisotopic (exact) mass is 419 g/mol. The van der Waals surface area contributed by atoms with Crippen molar-refractivity contribution in [2.75, 3.05) is 11.9 Å². The molecule has 0 spiro atoms. The summed E-state index contributed by atoms with van der Waals surface area (Å²) in [5.41, 5.74) is 3.40. The summed E-state index contributed by atoms with van der Waals surface area (Å²) in [5, 5.41) is 12.3. The number of aryl methyl sites for hydroxylation is 1. The van der Waals surface area contributed by atoms with Crippen molar-refractivity contribution in [2.24, 2.45) is 0 Å². The molecule has 0 saturated heterocycles. The number of nitriles is 1. The van der Waals surface area contributed by atoms with Gasteiger partial charge in [-0.3, -0.25) is 4.79 Å². The average Bonchev–Trinajstić information content (AvgIpc) is 2.98. The van der Waals surface area contributed by atoms with Gasteiger partial charge in [0.1, 0.15) is 17.7 Å². The number of nitrogens with zero attached hydrogens (tertiary/aromatic N) is 2. The van der Waals surface area contributed by atoms with E-state index in [0.29, 0.717) is 23.5 Å². The van der Waals surface area contributed by atoms with Crippen LogP contribution in [0.3, 0.4) is 0 Å². The Hall–Kier alpha value is -3.92. The quantitative estimate of drug-likeness (QED) is 0.605. The highest BCUT2D eigenvalue weighted by Crippen LogP contribution is 2.27. The second kappa shape index (κ2) is 9.26. The summed E-state index contributed by atoms with van der Waals surface area (Å²) in [7, 11) is 0. The van der Waals surface area contributed by atoms with Crippen LogP contribution >= 0.6 is 0 Å². The molecule has 0 atom stereocenters. The van der Waals surface area contributed by atoms with Crippen molar-refractivity contribution in [3.05, 3.63) is 87.9 Å². The second-order valence-corrected chi connectivity index (χ2v) is 7.21. The molecule has 1 heterocycles. The zero-order chi connectivity index (χ0) is 22.5. The minimum atomic E-state index is -0.804. The number of nitrogens with one attached hydrogen (secondary N) is 1. The molecule has 6 nitrogen and oxygen atoms in total. The molecule has 0 radical (unpaired) electrons. The lowest BCUT2D eigenvalue weighted by Crippen LogP contribution is -2.23. The SMILES string of the molecule is Cc1ccc(C(=O)OCC(=O)Nc2c(C#N)c(C)c(C)n2Cc2ccccc2)cc1F. The molecule has 0 aliphatic heterocycles. The number of carbonyl (C=O) groups excluding carboxylic acids is 2. The molecule has 0 aliphatic rings. The topological polar surface area (TPSA) is 84.1 Å². The molecule has 0 unspecified atom stereocenters. The minimum Gasteiger partial charge on any atom is -0.452 e. The number of rotatable bonds is 6. The highest BCUT2D eigenvalue weighted by atomic mass is 19.1.